The summed E-state index contributed by atoms with van der Waals surface area (Å²) < 4.78 is 0. The molecule has 0 aliphatic carbocycles. The van der Waals surface area contributed by atoms with Crippen molar-refractivity contribution in [3.63, 3.8) is 0 Å². The first kappa shape index (κ1) is 27.6. The highest BCUT2D eigenvalue weighted by Gasteiger charge is 2.56. The maximum absolute atomic E-state index is 13.9. The molecule has 0 saturated carbocycles. The van der Waals surface area contributed by atoms with Gasteiger partial charge in [-0.25, -0.2) is 0 Å². The van der Waals surface area contributed by atoms with Gasteiger partial charge in [0.15, 0.2) is 0 Å². The highest BCUT2D eigenvalue weighted by atomic mass is 35.5. The van der Waals surface area contributed by atoms with Crippen molar-refractivity contribution in [1.29, 1.82) is 10.5 Å². The zero-order valence-corrected chi connectivity index (χ0v) is 22.4. The van der Waals surface area contributed by atoms with E-state index in [0.29, 0.717) is 5.69 Å². The van der Waals surface area contributed by atoms with Gasteiger partial charge in [0, 0.05) is 18.7 Å². The van der Waals surface area contributed by atoms with Gasteiger partial charge in [0.25, 0.3) is 0 Å². The van der Waals surface area contributed by atoms with E-state index in [4.69, 9.17) is 11.6 Å². The molecule has 4 rings (SSSR count). The molecule has 1 saturated heterocycles. The molecule has 2 aliphatic heterocycles. The summed E-state index contributed by atoms with van der Waals surface area (Å²) in [5.41, 5.74) is -0.122. The van der Waals surface area contributed by atoms with Crippen LogP contribution in [0.4, 0.5) is 11.4 Å². The predicted molar refractivity (Wildman–Crippen MR) is 143 cm³/mol. The van der Waals surface area contributed by atoms with Gasteiger partial charge in [0.2, 0.25) is 11.8 Å². The average Bonchev–Trinajstić information content (AvgIpc) is 3.41. The van der Waals surface area contributed by atoms with Crippen LogP contribution < -0.4 is 16.0 Å². The molecule has 1 spiro atoms. The summed E-state index contributed by atoms with van der Waals surface area (Å²) in [6.45, 7) is 5.57. The molecule has 2 heterocycles. The van der Waals surface area contributed by atoms with E-state index in [2.05, 4.69) is 22.0 Å². The molecule has 3 atom stereocenters. The van der Waals surface area contributed by atoms with Gasteiger partial charge < -0.3 is 20.9 Å². The number of amides is 4. The Morgan fingerprint density at radius 1 is 1.15 bits per heavy atom. The molecule has 39 heavy (non-hydrogen) atoms. The lowest BCUT2D eigenvalue weighted by Gasteiger charge is -2.31. The normalized spacial score (nSPS) is 20.4. The zero-order chi connectivity index (χ0) is 28.5. The van der Waals surface area contributed by atoms with Crippen molar-refractivity contribution < 1.29 is 19.2 Å². The molecular formula is C28H27ClN6O4. The van der Waals surface area contributed by atoms with E-state index in [1.165, 1.54) is 23.1 Å². The van der Waals surface area contributed by atoms with E-state index >= 15 is 0 Å². The standard InChI is InChI=1S/C28H27ClN6O4/c1-27(2,3)12-21(32-23(36)24(37)34-22-16(13-30)7-6-9-19(22)29)25(38)35-15-28(11-17(35)14-31)18-8-4-5-10-20(18)33-26(28)39/h4-10,17,21H,11-12,15H2,1-3H3,(H,32,36)(H,33,39)(H,34,37)/t17?,21-,28-/m0/s1. The van der Waals surface area contributed by atoms with Crippen molar-refractivity contribution in [3.8, 4) is 12.1 Å². The third-order valence-electron chi connectivity index (χ3n) is 6.91. The van der Waals surface area contributed by atoms with Crippen LogP contribution in [-0.4, -0.2) is 47.2 Å². The number of hydrogen-bond donors (Lipinski definition) is 3. The summed E-state index contributed by atoms with van der Waals surface area (Å²) in [6.07, 6.45) is 0.267. The second kappa shape index (κ2) is 10.4. The molecule has 1 fully saturated rings. The van der Waals surface area contributed by atoms with Gasteiger partial charge >= 0.3 is 11.8 Å². The third kappa shape index (κ3) is 5.29. The minimum absolute atomic E-state index is 0.0162. The number of carbonyl (C=O) groups excluding carboxylic acids is 4. The minimum atomic E-state index is -1.16. The molecule has 0 aromatic heterocycles. The van der Waals surface area contributed by atoms with Crippen molar-refractivity contribution >= 4 is 46.6 Å². The number of benzene rings is 2. The molecule has 2 aromatic rings. The molecule has 0 radical (unpaired) electrons. The van der Waals surface area contributed by atoms with Crippen LogP contribution in [0.3, 0.4) is 0 Å². The average molecular weight is 547 g/mol. The summed E-state index contributed by atoms with van der Waals surface area (Å²) in [7, 11) is 0. The molecule has 2 aromatic carbocycles. The predicted octanol–water partition coefficient (Wildman–Crippen LogP) is 3.09. The maximum Gasteiger partial charge on any atom is 0.313 e. The molecule has 3 N–H and O–H groups in total. The van der Waals surface area contributed by atoms with Gasteiger partial charge in [-0.15, -0.1) is 0 Å². The largest absolute Gasteiger partial charge is 0.336 e. The van der Waals surface area contributed by atoms with E-state index in [1.807, 2.05) is 26.8 Å². The van der Waals surface area contributed by atoms with Gasteiger partial charge in [-0.3, -0.25) is 19.2 Å². The lowest BCUT2D eigenvalue weighted by molar-refractivity contribution is -0.141. The number of anilines is 2. The zero-order valence-electron chi connectivity index (χ0n) is 21.7. The summed E-state index contributed by atoms with van der Waals surface area (Å²) >= 11 is 6.10. The Kier molecular flexibility index (Phi) is 7.36. The number of fused-ring (bicyclic) bond motifs is 2. The first-order valence-electron chi connectivity index (χ1n) is 12.3. The number of para-hydroxylation sites is 2. The van der Waals surface area contributed by atoms with Gasteiger partial charge in [0.1, 0.15) is 18.2 Å². The van der Waals surface area contributed by atoms with Crippen LogP contribution in [0.1, 0.15) is 44.7 Å². The summed E-state index contributed by atoms with van der Waals surface area (Å²) in [5.74, 6) is -3.07. The van der Waals surface area contributed by atoms with Crippen LogP contribution in [0.15, 0.2) is 42.5 Å². The highest BCUT2D eigenvalue weighted by Crippen LogP contribution is 2.46. The molecule has 10 nitrogen and oxygen atoms in total. The number of halogens is 1. The van der Waals surface area contributed by atoms with Gasteiger partial charge in [0.05, 0.1) is 27.8 Å². The van der Waals surface area contributed by atoms with Crippen LogP contribution in [0, 0.1) is 28.1 Å². The third-order valence-corrected chi connectivity index (χ3v) is 7.23. The fourth-order valence-corrected chi connectivity index (χ4v) is 5.36. The number of hydrogen-bond acceptors (Lipinski definition) is 6. The molecule has 1 unspecified atom stereocenters. The Bertz CT molecular complexity index is 1450. The molecule has 0 bridgehead atoms. The SMILES string of the molecule is CC(C)(C)C[C@H](NC(=O)C(=O)Nc1c(Cl)cccc1C#N)C(=O)N1C[C@]2(CC1C#N)C(=O)Nc1ccccc12. The van der Waals surface area contributed by atoms with E-state index in [-0.39, 0.29) is 41.6 Å². The summed E-state index contributed by atoms with van der Waals surface area (Å²) in [6, 6.07) is 13.6. The van der Waals surface area contributed by atoms with E-state index in [9.17, 15) is 29.7 Å². The summed E-state index contributed by atoms with van der Waals surface area (Å²) in [5, 5.41) is 27.0. The lowest BCUT2D eigenvalue weighted by atomic mass is 9.80. The monoisotopic (exact) mass is 546 g/mol. The number of nitriles is 2. The van der Waals surface area contributed by atoms with Crippen LogP contribution >= 0.6 is 11.6 Å². The highest BCUT2D eigenvalue weighted by molar-refractivity contribution is 6.42. The number of nitrogens with zero attached hydrogens (tertiary/aromatic N) is 3. The fourth-order valence-electron chi connectivity index (χ4n) is 5.14. The minimum Gasteiger partial charge on any atom is -0.336 e. The number of likely N-dealkylation sites (tertiary alicyclic amines) is 1. The van der Waals surface area contributed by atoms with Gasteiger partial charge in [-0.05, 0) is 35.6 Å². The lowest BCUT2D eigenvalue weighted by Crippen LogP contribution is -2.53. The van der Waals surface area contributed by atoms with E-state index in [0.717, 1.165) is 5.56 Å². The van der Waals surface area contributed by atoms with Crippen LogP contribution in [-0.2, 0) is 24.6 Å². The first-order valence-corrected chi connectivity index (χ1v) is 12.7. The Labute approximate surface area is 230 Å². The molecule has 11 heteroatoms. The number of nitrogens with one attached hydrogen (secondary N) is 3. The number of rotatable bonds is 4. The van der Waals surface area contributed by atoms with Gasteiger partial charge in [-0.2, -0.15) is 10.5 Å². The van der Waals surface area contributed by atoms with E-state index < -0.39 is 40.6 Å². The Morgan fingerprint density at radius 2 is 1.87 bits per heavy atom. The maximum atomic E-state index is 13.9. The number of carbonyl (C=O) groups is 4. The van der Waals surface area contributed by atoms with Gasteiger partial charge in [-0.1, -0.05) is 56.6 Å². The molecule has 200 valence electrons. The Morgan fingerprint density at radius 3 is 2.54 bits per heavy atom. The fraction of sp³-hybridized carbons (Fsp3) is 0.357. The second-order valence-electron chi connectivity index (χ2n) is 10.9. The van der Waals surface area contributed by atoms with Crippen molar-refractivity contribution in [2.24, 2.45) is 5.41 Å². The van der Waals surface area contributed by atoms with E-state index in [1.54, 1.807) is 24.3 Å². The smallest absolute Gasteiger partial charge is 0.313 e. The molecule has 4 amide bonds. The quantitative estimate of drug-likeness (QED) is 0.500. The van der Waals surface area contributed by atoms with Crippen LogP contribution in [0.25, 0.3) is 0 Å². The van der Waals surface area contributed by atoms with Crippen molar-refractivity contribution in [1.82, 2.24) is 10.2 Å². The second-order valence-corrected chi connectivity index (χ2v) is 11.3. The van der Waals surface area contributed by atoms with Crippen molar-refractivity contribution in [2.75, 3.05) is 17.2 Å². The Balaban J connectivity index is 1.58. The molecular weight excluding hydrogens is 520 g/mol. The molecule has 2 aliphatic rings. The van der Waals surface area contributed by atoms with Crippen molar-refractivity contribution in [3.05, 3.63) is 58.6 Å². The Hall–Kier alpha value is -4.41. The van der Waals surface area contributed by atoms with Crippen molar-refractivity contribution in [2.45, 2.75) is 51.1 Å². The first-order chi connectivity index (χ1) is 18.4. The van der Waals surface area contributed by atoms with Crippen LogP contribution in [0.2, 0.25) is 5.02 Å². The van der Waals surface area contributed by atoms with Crippen LogP contribution in [0.5, 0.6) is 0 Å². The topological polar surface area (TPSA) is 155 Å². The summed E-state index contributed by atoms with van der Waals surface area (Å²) in [4.78, 5) is 54.0.